The third-order valence-electron chi connectivity index (χ3n) is 4.18. The molecule has 3 aromatic rings. The van der Waals surface area contributed by atoms with Crippen molar-refractivity contribution in [2.45, 2.75) is 5.50 Å². The number of aromatic nitrogens is 2. The Hall–Kier alpha value is -2.35. The number of hydrogen-bond donors (Lipinski definition) is 2. The van der Waals surface area contributed by atoms with Gasteiger partial charge in [0, 0.05) is 42.8 Å². The zero-order valence-electron chi connectivity index (χ0n) is 13.8. The van der Waals surface area contributed by atoms with Gasteiger partial charge in [0.15, 0.2) is 12.2 Å². The van der Waals surface area contributed by atoms with Gasteiger partial charge in [0.25, 0.3) is 0 Å². The van der Waals surface area contributed by atoms with Gasteiger partial charge in [-0.3, -0.25) is 10.3 Å². The van der Waals surface area contributed by atoms with Crippen LogP contribution >= 0.6 is 11.8 Å². The molecule has 1 aliphatic heterocycles. The van der Waals surface area contributed by atoms with Crippen molar-refractivity contribution >= 4 is 33.1 Å². The van der Waals surface area contributed by atoms with Crippen LogP contribution in [0.1, 0.15) is 11.3 Å². The third kappa shape index (κ3) is 3.02. The molecule has 1 aromatic carbocycles. The maximum Gasteiger partial charge on any atom is 0.181 e. The lowest BCUT2D eigenvalue weighted by atomic mass is 10.1. The van der Waals surface area contributed by atoms with Gasteiger partial charge in [-0.25, -0.2) is 4.98 Å². The van der Waals surface area contributed by atoms with Gasteiger partial charge in [-0.15, -0.1) is 0 Å². The van der Waals surface area contributed by atoms with E-state index in [0.29, 0.717) is 6.54 Å². The Morgan fingerprint density at radius 2 is 2.16 bits per heavy atom. The summed E-state index contributed by atoms with van der Waals surface area (Å²) in [6, 6.07) is 8.45. The molecule has 4 rings (SSSR count). The van der Waals surface area contributed by atoms with E-state index in [1.54, 1.807) is 18.0 Å². The monoisotopic (exact) mass is 353 g/mol. The molecular weight excluding hydrogens is 334 g/mol. The average Bonchev–Trinajstić information content (AvgIpc) is 3.27. The summed E-state index contributed by atoms with van der Waals surface area (Å²) >= 11 is 1.76. The van der Waals surface area contributed by atoms with Gasteiger partial charge in [-0.2, -0.15) is 0 Å². The van der Waals surface area contributed by atoms with Gasteiger partial charge in [-0.1, -0.05) is 23.9 Å². The van der Waals surface area contributed by atoms with Gasteiger partial charge >= 0.3 is 0 Å². The SMILES string of the molecule is CN1C(c2cnco2)=C(c2ccc3cnccc3c2)SC1NCCN. The molecule has 1 atom stereocenters. The smallest absolute Gasteiger partial charge is 0.181 e. The molecular formula is C18H19N5OS. The Morgan fingerprint density at radius 3 is 2.96 bits per heavy atom. The van der Waals surface area contributed by atoms with Crippen molar-refractivity contribution in [3.05, 3.63) is 60.6 Å². The lowest BCUT2D eigenvalue weighted by molar-refractivity contribution is 0.388. The highest BCUT2D eigenvalue weighted by molar-refractivity contribution is 8.09. The number of fused-ring (bicyclic) bond motifs is 1. The summed E-state index contributed by atoms with van der Waals surface area (Å²) in [5, 5.41) is 5.75. The first-order valence-corrected chi connectivity index (χ1v) is 8.96. The fraction of sp³-hybridized carbons (Fsp3) is 0.222. The molecule has 0 aliphatic carbocycles. The van der Waals surface area contributed by atoms with Crippen LogP contribution in [0.3, 0.4) is 0 Å². The number of nitrogens with two attached hydrogens (primary N) is 1. The van der Waals surface area contributed by atoms with Gasteiger partial charge < -0.3 is 15.1 Å². The Labute approximate surface area is 150 Å². The fourth-order valence-electron chi connectivity index (χ4n) is 2.96. The van der Waals surface area contributed by atoms with Crippen LogP contribution in [0.25, 0.3) is 21.4 Å². The number of thioether (sulfide) groups is 1. The number of nitrogens with one attached hydrogen (secondary N) is 1. The quantitative estimate of drug-likeness (QED) is 0.729. The van der Waals surface area contributed by atoms with Crippen molar-refractivity contribution in [3.8, 4) is 0 Å². The molecule has 25 heavy (non-hydrogen) atoms. The van der Waals surface area contributed by atoms with Crippen molar-refractivity contribution in [3.63, 3.8) is 0 Å². The molecule has 3 N–H and O–H groups in total. The van der Waals surface area contributed by atoms with E-state index in [-0.39, 0.29) is 5.50 Å². The predicted molar refractivity (Wildman–Crippen MR) is 101 cm³/mol. The second-order valence-electron chi connectivity index (χ2n) is 5.80. The molecule has 0 bridgehead atoms. The second kappa shape index (κ2) is 6.87. The summed E-state index contributed by atoms with van der Waals surface area (Å²) in [4.78, 5) is 11.6. The number of hydrogen-bond acceptors (Lipinski definition) is 7. The summed E-state index contributed by atoms with van der Waals surface area (Å²) in [6.45, 7) is 1.35. The van der Waals surface area contributed by atoms with Crippen molar-refractivity contribution < 1.29 is 4.42 Å². The van der Waals surface area contributed by atoms with Crippen molar-refractivity contribution in [2.24, 2.45) is 5.73 Å². The van der Waals surface area contributed by atoms with Crippen LogP contribution in [0.5, 0.6) is 0 Å². The van der Waals surface area contributed by atoms with Crippen LogP contribution in [0.4, 0.5) is 0 Å². The molecule has 128 valence electrons. The maximum atomic E-state index is 5.65. The summed E-state index contributed by atoms with van der Waals surface area (Å²) < 4.78 is 5.59. The van der Waals surface area contributed by atoms with E-state index in [0.717, 1.165) is 33.9 Å². The third-order valence-corrected chi connectivity index (χ3v) is 5.55. The molecule has 0 spiro atoms. The molecule has 0 saturated carbocycles. The summed E-state index contributed by atoms with van der Waals surface area (Å²) in [5.74, 6) is 0.761. The largest absolute Gasteiger partial charge is 0.442 e. The number of oxazole rings is 1. The standard InChI is InChI=1S/C18H19N5OS/c1-23-16(15-10-21-11-24-15)17(25-18(23)22-7-5-19)13-2-3-14-9-20-6-4-12(14)8-13/h2-4,6,8-11,18,22H,5,7,19H2,1H3. The average molecular weight is 353 g/mol. The van der Waals surface area contributed by atoms with Crippen LogP contribution in [0, 0.1) is 0 Å². The van der Waals surface area contributed by atoms with Gasteiger partial charge in [-0.05, 0) is 23.1 Å². The lowest BCUT2D eigenvalue weighted by Crippen LogP contribution is -2.39. The minimum Gasteiger partial charge on any atom is -0.442 e. The second-order valence-corrected chi connectivity index (χ2v) is 6.90. The van der Waals surface area contributed by atoms with Gasteiger partial charge in [0.2, 0.25) is 0 Å². The van der Waals surface area contributed by atoms with E-state index in [4.69, 9.17) is 10.2 Å². The van der Waals surface area contributed by atoms with Crippen molar-refractivity contribution in [1.82, 2.24) is 20.2 Å². The molecule has 1 aliphatic rings. The van der Waals surface area contributed by atoms with E-state index in [9.17, 15) is 0 Å². The van der Waals surface area contributed by atoms with E-state index in [1.807, 2.05) is 18.5 Å². The highest BCUT2D eigenvalue weighted by atomic mass is 32.2. The summed E-state index contributed by atoms with van der Waals surface area (Å²) in [7, 11) is 2.05. The zero-order chi connectivity index (χ0) is 17.2. The minimum atomic E-state index is 0.104. The Balaban J connectivity index is 1.79. The summed E-state index contributed by atoms with van der Waals surface area (Å²) in [5.41, 5.74) is 7.94. The lowest BCUT2D eigenvalue weighted by Gasteiger charge is -2.23. The first-order valence-electron chi connectivity index (χ1n) is 8.08. The molecule has 1 unspecified atom stereocenters. The van der Waals surface area contributed by atoms with E-state index in [1.165, 1.54) is 11.8 Å². The molecule has 6 nitrogen and oxygen atoms in total. The molecule has 0 radical (unpaired) electrons. The highest BCUT2D eigenvalue weighted by Gasteiger charge is 2.32. The molecule has 0 amide bonds. The number of nitrogens with zero attached hydrogens (tertiary/aromatic N) is 3. The summed E-state index contributed by atoms with van der Waals surface area (Å²) in [6.07, 6.45) is 6.91. The van der Waals surface area contributed by atoms with Gasteiger partial charge in [0.05, 0.1) is 11.9 Å². The van der Waals surface area contributed by atoms with Crippen LogP contribution in [-0.4, -0.2) is 40.5 Å². The van der Waals surface area contributed by atoms with E-state index >= 15 is 0 Å². The first kappa shape index (κ1) is 16.1. The predicted octanol–water partition coefficient (Wildman–Crippen LogP) is 2.56. The zero-order valence-corrected chi connectivity index (χ0v) is 14.7. The van der Waals surface area contributed by atoms with E-state index < -0.39 is 0 Å². The Morgan fingerprint density at radius 1 is 1.24 bits per heavy atom. The first-order chi connectivity index (χ1) is 12.3. The van der Waals surface area contributed by atoms with Crippen molar-refractivity contribution in [1.29, 1.82) is 0 Å². The van der Waals surface area contributed by atoms with Gasteiger partial charge in [0.1, 0.15) is 5.50 Å². The van der Waals surface area contributed by atoms with Crippen LogP contribution in [-0.2, 0) is 0 Å². The van der Waals surface area contributed by atoms with Crippen molar-refractivity contribution in [2.75, 3.05) is 20.1 Å². The fourth-order valence-corrected chi connectivity index (χ4v) is 4.26. The molecule has 7 heteroatoms. The van der Waals surface area contributed by atoms with Crippen LogP contribution < -0.4 is 11.1 Å². The number of rotatable bonds is 5. The molecule has 0 saturated heterocycles. The maximum absolute atomic E-state index is 5.65. The number of benzene rings is 1. The Bertz CT molecular complexity index is 909. The minimum absolute atomic E-state index is 0.104. The van der Waals surface area contributed by atoms with Crippen LogP contribution in [0.2, 0.25) is 0 Å². The Kier molecular flexibility index (Phi) is 4.44. The topological polar surface area (TPSA) is 80.2 Å². The molecule has 0 fully saturated rings. The van der Waals surface area contributed by atoms with Crippen LogP contribution in [0.15, 0.2) is 53.7 Å². The number of pyridine rings is 1. The molecule has 3 heterocycles. The van der Waals surface area contributed by atoms with E-state index in [2.05, 4.69) is 45.4 Å². The molecule has 2 aromatic heterocycles. The normalized spacial score (nSPS) is 17.7. The highest BCUT2D eigenvalue weighted by Crippen LogP contribution is 2.46.